The van der Waals surface area contributed by atoms with Crippen LogP contribution in [0, 0.1) is 17.6 Å². The Morgan fingerprint density at radius 2 is 1.58 bits per heavy atom. The van der Waals surface area contributed by atoms with Gasteiger partial charge in [-0.25, -0.2) is 18.6 Å². The molecule has 0 saturated carbocycles. The first kappa shape index (κ1) is 22.1. The molecule has 0 unspecified atom stereocenters. The van der Waals surface area contributed by atoms with E-state index in [1.807, 2.05) is 0 Å². The van der Waals surface area contributed by atoms with Crippen molar-refractivity contribution in [3.05, 3.63) is 89.5 Å². The topological polar surface area (TPSA) is 84.1 Å². The number of hydrogen-bond acceptors (Lipinski definition) is 4. The molecule has 3 rings (SSSR count). The molecule has 2 N–H and O–H groups in total. The number of carbonyl (C=O) groups is 2. The maximum absolute atomic E-state index is 14.2. The summed E-state index contributed by atoms with van der Waals surface area (Å²) in [5.74, 6) is -2.84. The second kappa shape index (κ2) is 10.5. The van der Waals surface area contributed by atoms with Crippen LogP contribution in [0.25, 0.3) is 0 Å². The van der Waals surface area contributed by atoms with Gasteiger partial charge >= 0.3 is 5.97 Å². The lowest BCUT2D eigenvalue weighted by Crippen LogP contribution is -2.46. The van der Waals surface area contributed by atoms with Gasteiger partial charge < -0.3 is 15.0 Å². The molecule has 1 aromatic heterocycles. The molecule has 0 spiro atoms. The zero-order chi connectivity index (χ0) is 22.2. The number of nitrogens with zero attached hydrogens (tertiary/aromatic N) is 1. The number of amides is 1. The minimum atomic E-state index is -0.982. The Labute approximate surface area is 178 Å². The summed E-state index contributed by atoms with van der Waals surface area (Å²) in [7, 11) is 1.22. The van der Waals surface area contributed by atoms with Crippen LogP contribution in [-0.4, -0.2) is 35.0 Å². The van der Waals surface area contributed by atoms with Gasteiger partial charge in [0.15, 0.2) is 0 Å². The van der Waals surface area contributed by atoms with Crippen LogP contribution in [0.15, 0.2) is 61.1 Å². The smallest absolute Gasteiger partial charge is 0.328 e. The Morgan fingerprint density at radius 1 is 1.00 bits per heavy atom. The molecule has 0 radical (unpaired) electrons. The molecule has 0 aliphatic carbocycles. The van der Waals surface area contributed by atoms with E-state index in [0.717, 1.165) is 0 Å². The van der Waals surface area contributed by atoms with Crippen LogP contribution >= 0.6 is 0 Å². The van der Waals surface area contributed by atoms with Crippen molar-refractivity contribution in [2.45, 2.75) is 25.3 Å². The van der Waals surface area contributed by atoms with E-state index in [4.69, 9.17) is 4.74 Å². The van der Waals surface area contributed by atoms with E-state index in [0.29, 0.717) is 16.8 Å². The van der Waals surface area contributed by atoms with Crippen molar-refractivity contribution in [2.75, 3.05) is 7.11 Å². The van der Waals surface area contributed by atoms with Crippen LogP contribution in [0.1, 0.15) is 16.8 Å². The molecule has 31 heavy (non-hydrogen) atoms. The van der Waals surface area contributed by atoms with Gasteiger partial charge in [0.1, 0.15) is 17.7 Å². The van der Waals surface area contributed by atoms with E-state index in [1.165, 1.54) is 25.6 Å². The largest absolute Gasteiger partial charge is 0.467 e. The highest BCUT2D eigenvalue weighted by Gasteiger charge is 2.28. The van der Waals surface area contributed by atoms with Crippen LogP contribution in [-0.2, 0) is 33.6 Å². The van der Waals surface area contributed by atoms with Gasteiger partial charge in [0.2, 0.25) is 5.91 Å². The first-order valence-corrected chi connectivity index (χ1v) is 9.80. The third kappa shape index (κ3) is 5.97. The van der Waals surface area contributed by atoms with E-state index in [1.54, 1.807) is 42.6 Å². The third-order valence-corrected chi connectivity index (χ3v) is 4.99. The van der Waals surface area contributed by atoms with Crippen LogP contribution in [0.2, 0.25) is 0 Å². The average Bonchev–Trinajstić information content (AvgIpc) is 3.28. The first-order valence-electron chi connectivity index (χ1n) is 9.80. The van der Waals surface area contributed by atoms with Crippen LogP contribution < -0.4 is 5.32 Å². The Kier molecular flexibility index (Phi) is 7.48. The van der Waals surface area contributed by atoms with Gasteiger partial charge in [-0.2, -0.15) is 0 Å². The number of H-pyrrole nitrogens is 1. The van der Waals surface area contributed by atoms with E-state index < -0.39 is 35.5 Å². The van der Waals surface area contributed by atoms with Crippen molar-refractivity contribution >= 4 is 11.9 Å². The molecule has 162 valence electrons. The Bertz CT molecular complexity index is 977. The molecule has 3 aromatic rings. The van der Waals surface area contributed by atoms with Crippen molar-refractivity contribution < 1.29 is 23.1 Å². The summed E-state index contributed by atoms with van der Waals surface area (Å²) in [6, 6.07) is 11.3. The number of hydrogen-bond donors (Lipinski definition) is 2. The molecule has 1 amide bonds. The SMILES string of the molecule is COC(=O)[C@H](Cc1c[nH]cn1)NC(=O)C(Cc1ccccc1F)Cc1ccccc1F. The van der Waals surface area contributed by atoms with Gasteiger partial charge in [-0.3, -0.25) is 4.79 Å². The molecular formula is C23H23F2N3O3. The Hall–Kier alpha value is -3.55. The van der Waals surface area contributed by atoms with Crippen LogP contribution in [0.4, 0.5) is 8.78 Å². The van der Waals surface area contributed by atoms with Gasteiger partial charge in [-0.05, 0) is 36.1 Å². The zero-order valence-electron chi connectivity index (χ0n) is 17.0. The number of ether oxygens (including phenoxy) is 1. The fraction of sp³-hybridized carbons (Fsp3) is 0.261. The summed E-state index contributed by atoms with van der Waals surface area (Å²) in [6.07, 6.45) is 3.28. The van der Waals surface area contributed by atoms with Crippen LogP contribution in [0.3, 0.4) is 0 Å². The van der Waals surface area contributed by atoms with E-state index in [9.17, 15) is 18.4 Å². The molecule has 8 heteroatoms. The fourth-order valence-electron chi connectivity index (χ4n) is 3.35. The van der Waals surface area contributed by atoms with Gasteiger partial charge in [-0.1, -0.05) is 36.4 Å². The minimum Gasteiger partial charge on any atom is -0.467 e. The summed E-state index contributed by atoms with van der Waals surface area (Å²) in [4.78, 5) is 32.2. The predicted octanol–water partition coefficient (Wildman–Crippen LogP) is 2.99. The first-order chi connectivity index (χ1) is 15.0. The number of rotatable bonds is 9. The molecule has 2 aromatic carbocycles. The zero-order valence-corrected chi connectivity index (χ0v) is 17.0. The highest BCUT2D eigenvalue weighted by molar-refractivity contribution is 5.86. The van der Waals surface area contributed by atoms with Crippen molar-refractivity contribution in [3.63, 3.8) is 0 Å². The lowest BCUT2D eigenvalue weighted by molar-refractivity contribution is -0.145. The normalized spacial score (nSPS) is 11.9. The van der Waals surface area contributed by atoms with Gasteiger partial charge in [0, 0.05) is 18.5 Å². The molecule has 1 heterocycles. The monoisotopic (exact) mass is 427 g/mol. The summed E-state index contributed by atoms with van der Waals surface area (Å²) in [5.41, 5.74) is 1.23. The molecule has 0 aliphatic rings. The number of imidazole rings is 1. The Morgan fingerprint density at radius 3 is 2.06 bits per heavy atom. The number of benzene rings is 2. The summed E-state index contributed by atoms with van der Waals surface area (Å²) >= 11 is 0. The molecule has 0 saturated heterocycles. The van der Waals surface area contributed by atoms with Crippen molar-refractivity contribution in [3.8, 4) is 0 Å². The van der Waals surface area contributed by atoms with Crippen molar-refractivity contribution in [1.82, 2.24) is 15.3 Å². The quantitative estimate of drug-likeness (QED) is 0.515. The van der Waals surface area contributed by atoms with Crippen molar-refractivity contribution in [2.24, 2.45) is 5.92 Å². The standard InChI is InChI=1S/C23H23F2N3O3/c1-31-23(30)21(12-18-13-26-14-27-18)28-22(29)17(10-15-6-2-4-8-19(15)24)11-16-7-3-5-9-20(16)25/h2-9,13-14,17,21H,10-12H2,1H3,(H,26,27)(H,28,29)/t21-/m0/s1. The maximum atomic E-state index is 14.2. The third-order valence-electron chi connectivity index (χ3n) is 4.99. The molecule has 0 bridgehead atoms. The highest BCUT2D eigenvalue weighted by Crippen LogP contribution is 2.20. The van der Waals surface area contributed by atoms with Gasteiger partial charge in [0.25, 0.3) is 0 Å². The number of methoxy groups -OCH3 is 1. The Balaban J connectivity index is 1.83. The predicted molar refractivity (Wildman–Crippen MR) is 110 cm³/mol. The van der Waals surface area contributed by atoms with Gasteiger partial charge in [0.05, 0.1) is 19.1 Å². The van der Waals surface area contributed by atoms with E-state index in [2.05, 4.69) is 15.3 Å². The summed E-state index contributed by atoms with van der Waals surface area (Å²) in [5, 5.41) is 2.67. The average molecular weight is 427 g/mol. The van der Waals surface area contributed by atoms with Gasteiger partial charge in [-0.15, -0.1) is 0 Å². The fourth-order valence-corrected chi connectivity index (χ4v) is 3.35. The lowest BCUT2D eigenvalue weighted by atomic mass is 9.91. The van der Waals surface area contributed by atoms with E-state index >= 15 is 0 Å². The molecule has 0 aliphatic heterocycles. The van der Waals surface area contributed by atoms with E-state index in [-0.39, 0.29) is 19.3 Å². The summed E-state index contributed by atoms with van der Waals surface area (Å²) < 4.78 is 33.3. The number of aromatic nitrogens is 2. The highest BCUT2D eigenvalue weighted by atomic mass is 19.1. The minimum absolute atomic E-state index is 0.0448. The molecular weight excluding hydrogens is 404 g/mol. The number of halogens is 2. The molecule has 1 atom stereocenters. The number of esters is 1. The van der Waals surface area contributed by atoms with Crippen LogP contribution in [0.5, 0.6) is 0 Å². The van der Waals surface area contributed by atoms with Crippen molar-refractivity contribution in [1.29, 1.82) is 0 Å². The molecule has 0 fully saturated rings. The summed E-state index contributed by atoms with van der Waals surface area (Å²) in [6.45, 7) is 0. The second-order valence-corrected chi connectivity index (χ2v) is 7.14. The second-order valence-electron chi connectivity index (χ2n) is 7.14. The molecule has 6 nitrogen and oxygen atoms in total. The number of carbonyl (C=O) groups excluding carboxylic acids is 2. The number of nitrogens with one attached hydrogen (secondary N) is 2. The number of aromatic amines is 1. The maximum Gasteiger partial charge on any atom is 0.328 e. The lowest BCUT2D eigenvalue weighted by Gasteiger charge is -2.21.